The Balaban J connectivity index is 2.08. The highest BCUT2D eigenvalue weighted by Crippen LogP contribution is 2.55. The third-order valence-electron chi connectivity index (χ3n) is 4.80. The minimum atomic E-state index is -0.416. The summed E-state index contributed by atoms with van der Waals surface area (Å²) in [6, 6.07) is 14.5. The zero-order valence-electron chi connectivity index (χ0n) is 11.5. The maximum absolute atomic E-state index is 12.7. The Morgan fingerprint density at radius 2 is 1.85 bits per heavy atom. The van der Waals surface area contributed by atoms with Gasteiger partial charge in [-0.1, -0.05) is 30.3 Å². The largest absolute Gasteiger partial charge is 0.497 e. The summed E-state index contributed by atoms with van der Waals surface area (Å²) in [5.74, 6) is 1.19. The molecule has 1 spiro atoms. The highest BCUT2D eigenvalue weighted by Gasteiger charge is 2.50. The Kier molecular flexibility index (Phi) is 2.31. The quantitative estimate of drug-likeness (QED) is 0.784. The number of hydrogen-bond donors (Lipinski definition) is 0. The van der Waals surface area contributed by atoms with Crippen LogP contribution in [0.25, 0.3) is 11.1 Å². The van der Waals surface area contributed by atoms with E-state index in [2.05, 4.69) is 24.3 Å². The van der Waals surface area contributed by atoms with Crippen LogP contribution in [0.4, 0.5) is 0 Å². The Morgan fingerprint density at radius 3 is 2.60 bits per heavy atom. The highest BCUT2D eigenvalue weighted by atomic mass is 16.5. The van der Waals surface area contributed by atoms with E-state index in [0.717, 1.165) is 24.2 Å². The van der Waals surface area contributed by atoms with Crippen LogP contribution in [0.5, 0.6) is 5.75 Å². The van der Waals surface area contributed by atoms with Crippen molar-refractivity contribution in [1.29, 1.82) is 0 Å². The summed E-state index contributed by atoms with van der Waals surface area (Å²) in [7, 11) is 1.67. The van der Waals surface area contributed by atoms with E-state index in [4.69, 9.17) is 4.74 Å². The minimum absolute atomic E-state index is 0.358. The molecule has 0 amide bonds. The van der Waals surface area contributed by atoms with E-state index in [9.17, 15) is 4.79 Å². The molecule has 0 aliphatic heterocycles. The first-order valence-electron chi connectivity index (χ1n) is 7.09. The van der Waals surface area contributed by atoms with Crippen molar-refractivity contribution in [3.63, 3.8) is 0 Å². The first-order chi connectivity index (χ1) is 9.77. The number of methoxy groups -OCH3 is 1. The summed E-state index contributed by atoms with van der Waals surface area (Å²) in [5, 5.41) is 0. The van der Waals surface area contributed by atoms with Crippen molar-refractivity contribution in [2.45, 2.75) is 24.7 Å². The maximum Gasteiger partial charge on any atom is 0.147 e. The van der Waals surface area contributed by atoms with E-state index in [1.54, 1.807) is 7.11 Å². The van der Waals surface area contributed by atoms with E-state index in [-0.39, 0.29) is 0 Å². The molecule has 1 atom stereocenters. The second-order valence-corrected chi connectivity index (χ2v) is 5.64. The number of hydrogen-bond acceptors (Lipinski definition) is 2. The van der Waals surface area contributed by atoms with Crippen LogP contribution >= 0.6 is 0 Å². The van der Waals surface area contributed by atoms with Crippen molar-refractivity contribution in [2.75, 3.05) is 7.11 Å². The molecule has 0 N–H and O–H groups in total. The van der Waals surface area contributed by atoms with Crippen molar-refractivity contribution in [2.24, 2.45) is 0 Å². The Hall–Kier alpha value is -2.09. The van der Waals surface area contributed by atoms with E-state index >= 15 is 0 Å². The topological polar surface area (TPSA) is 26.3 Å². The second kappa shape index (κ2) is 3.95. The van der Waals surface area contributed by atoms with E-state index in [1.165, 1.54) is 16.7 Å². The number of carbonyl (C=O) groups is 1. The van der Waals surface area contributed by atoms with Gasteiger partial charge in [0.05, 0.1) is 12.5 Å². The molecule has 1 unspecified atom stereocenters. The predicted molar refractivity (Wildman–Crippen MR) is 78.1 cm³/mol. The molecule has 1 fully saturated rings. The molecule has 100 valence electrons. The van der Waals surface area contributed by atoms with E-state index in [0.29, 0.717) is 12.2 Å². The van der Waals surface area contributed by atoms with Gasteiger partial charge in [0.25, 0.3) is 0 Å². The smallest absolute Gasteiger partial charge is 0.147 e. The molecule has 2 aromatic rings. The van der Waals surface area contributed by atoms with Gasteiger partial charge in [-0.15, -0.1) is 0 Å². The molecule has 0 heterocycles. The van der Waals surface area contributed by atoms with Crippen LogP contribution < -0.4 is 4.74 Å². The summed E-state index contributed by atoms with van der Waals surface area (Å²) in [6.45, 7) is 0. The first-order valence-corrected chi connectivity index (χ1v) is 7.09. The number of ether oxygens (including phenoxy) is 1. The lowest BCUT2D eigenvalue weighted by Gasteiger charge is -2.24. The lowest BCUT2D eigenvalue weighted by molar-refractivity contribution is -0.120. The van der Waals surface area contributed by atoms with Crippen LogP contribution in [0.15, 0.2) is 42.5 Å². The molecule has 4 rings (SSSR count). The van der Waals surface area contributed by atoms with Gasteiger partial charge in [0.2, 0.25) is 0 Å². The van der Waals surface area contributed by atoms with Gasteiger partial charge in [-0.3, -0.25) is 4.79 Å². The Bertz CT molecular complexity index is 717. The molecule has 0 saturated heterocycles. The fourth-order valence-electron chi connectivity index (χ4n) is 3.91. The zero-order valence-corrected chi connectivity index (χ0v) is 11.5. The van der Waals surface area contributed by atoms with Crippen molar-refractivity contribution in [3.8, 4) is 16.9 Å². The summed E-state index contributed by atoms with van der Waals surface area (Å²) >= 11 is 0. The summed E-state index contributed by atoms with van der Waals surface area (Å²) in [4.78, 5) is 12.7. The standard InChI is InChI=1S/C18H16O2/c1-20-12-8-9-14-13-5-2-3-6-15(13)18(16(14)11-12)10-4-7-17(18)19/h2-3,5-6,8-9,11H,4,7,10H2,1H3. The number of rotatable bonds is 1. The number of Topliss-reactive ketones (excluding diaryl/α,β-unsaturated/α-hetero) is 1. The van der Waals surface area contributed by atoms with Gasteiger partial charge in [0.1, 0.15) is 11.5 Å². The predicted octanol–water partition coefficient (Wildman–Crippen LogP) is 3.71. The molecule has 2 aromatic carbocycles. The van der Waals surface area contributed by atoms with E-state index in [1.807, 2.05) is 18.2 Å². The van der Waals surface area contributed by atoms with Gasteiger partial charge in [0, 0.05) is 6.42 Å². The van der Waals surface area contributed by atoms with Crippen molar-refractivity contribution in [1.82, 2.24) is 0 Å². The first kappa shape index (κ1) is 11.7. The molecule has 2 aliphatic rings. The Labute approximate surface area is 118 Å². The fourth-order valence-corrected chi connectivity index (χ4v) is 3.91. The third-order valence-corrected chi connectivity index (χ3v) is 4.80. The lowest BCUT2D eigenvalue weighted by Crippen LogP contribution is -2.29. The van der Waals surface area contributed by atoms with Crippen LogP contribution in [0.2, 0.25) is 0 Å². The monoisotopic (exact) mass is 264 g/mol. The highest BCUT2D eigenvalue weighted by molar-refractivity contribution is 6.03. The van der Waals surface area contributed by atoms with Gasteiger partial charge >= 0.3 is 0 Å². The van der Waals surface area contributed by atoms with Gasteiger partial charge in [0.15, 0.2) is 0 Å². The lowest BCUT2D eigenvalue weighted by atomic mass is 9.76. The molecule has 20 heavy (non-hydrogen) atoms. The third kappa shape index (κ3) is 1.26. The zero-order chi connectivity index (χ0) is 13.7. The van der Waals surface area contributed by atoms with Crippen molar-refractivity contribution in [3.05, 3.63) is 53.6 Å². The Morgan fingerprint density at radius 1 is 1.05 bits per heavy atom. The molecule has 2 aliphatic carbocycles. The maximum atomic E-state index is 12.7. The van der Waals surface area contributed by atoms with Crippen molar-refractivity contribution < 1.29 is 9.53 Å². The summed E-state index contributed by atoms with van der Waals surface area (Å²) in [6.07, 6.45) is 2.58. The number of carbonyl (C=O) groups excluding carboxylic acids is 1. The van der Waals surface area contributed by atoms with Crippen LogP contribution in [0, 0.1) is 0 Å². The molecule has 0 aromatic heterocycles. The molecule has 2 nitrogen and oxygen atoms in total. The summed E-state index contributed by atoms with van der Waals surface area (Å²) in [5.41, 5.74) is 4.31. The molecule has 1 saturated carbocycles. The minimum Gasteiger partial charge on any atom is -0.497 e. The average Bonchev–Trinajstić information content (AvgIpc) is 3.01. The number of benzene rings is 2. The molecule has 0 radical (unpaired) electrons. The number of fused-ring (bicyclic) bond motifs is 5. The van der Waals surface area contributed by atoms with Crippen molar-refractivity contribution >= 4 is 5.78 Å². The number of ketones is 1. The van der Waals surface area contributed by atoms with Gasteiger partial charge in [-0.25, -0.2) is 0 Å². The second-order valence-electron chi connectivity index (χ2n) is 5.64. The molecular formula is C18H16O2. The van der Waals surface area contributed by atoms with Gasteiger partial charge in [-0.05, 0) is 47.2 Å². The average molecular weight is 264 g/mol. The molecule has 0 bridgehead atoms. The van der Waals surface area contributed by atoms with Gasteiger partial charge < -0.3 is 4.74 Å². The molecular weight excluding hydrogens is 248 g/mol. The SMILES string of the molecule is COc1ccc2c(c1)C1(CCCC1=O)c1ccccc1-2. The van der Waals surface area contributed by atoms with Crippen LogP contribution in [-0.2, 0) is 10.2 Å². The van der Waals surface area contributed by atoms with Crippen LogP contribution in [0.3, 0.4) is 0 Å². The normalized spacial score (nSPS) is 22.9. The fraction of sp³-hybridized carbons (Fsp3) is 0.278. The van der Waals surface area contributed by atoms with Crippen LogP contribution in [0.1, 0.15) is 30.4 Å². The van der Waals surface area contributed by atoms with Crippen LogP contribution in [-0.4, -0.2) is 12.9 Å². The van der Waals surface area contributed by atoms with E-state index < -0.39 is 5.41 Å². The van der Waals surface area contributed by atoms with Gasteiger partial charge in [-0.2, -0.15) is 0 Å². The summed E-state index contributed by atoms with van der Waals surface area (Å²) < 4.78 is 5.36. The molecule has 2 heteroatoms.